The van der Waals surface area contributed by atoms with Gasteiger partial charge in [-0.3, -0.25) is 4.79 Å². The predicted molar refractivity (Wildman–Crippen MR) is 117 cm³/mol. The van der Waals surface area contributed by atoms with Gasteiger partial charge in [-0.15, -0.1) is 22.7 Å². The van der Waals surface area contributed by atoms with E-state index in [1.807, 2.05) is 17.4 Å². The van der Waals surface area contributed by atoms with Crippen molar-refractivity contribution in [1.29, 1.82) is 0 Å². The van der Waals surface area contributed by atoms with E-state index in [1.54, 1.807) is 11.3 Å². The number of H-pyrrole nitrogens is 1. The molecule has 0 saturated carbocycles. The molecule has 1 aliphatic rings. The summed E-state index contributed by atoms with van der Waals surface area (Å²) in [7, 11) is 0. The molecule has 1 atom stereocenters. The molecule has 1 N–H and O–H groups in total. The fourth-order valence-corrected chi connectivity index (χ4v) is 6.01. The first-order valence-electron chi connectivity index (χ1n) is 9.75. The maximum atomic E-state index is 13.2. The Kier molecular flexibility index (Phi) is 4.79. The van der Waals surface area contributed by atoms with E-state index in [-0.39, 0.29) is 11.9 Å². The van der Waals surface area contributed by atoms with Gasteiger partial charge in [0.2, 0.25) is 5.91 Å². The zero-order valence-corrected chi connectivity index (χ0v) is 17.2. The third-order valence-corrected chi connectivity index (χ3v) is 7.53. The number of carbonyl (C=O) groups excluding carboxylic acids is 1. The number of hydrogen-bond acceptors (Lipinski definition) is 3. The second kappa shape index (κ2) is 7.57. The number of hydrogen-bond donors (Lipinski definition) is 1. The maximum Gasteiger partial charge on any atom is 0.223 e. The fourth-order valence-electron chi connectivity index (χ4n) is 4.25. The Balaban J connectivity index is 1.30. The Morgan fingerprint density at radius 2 is 2.04 bits per heavy atom. The van der Waals surface area contributed by atoms with Gasteiger partial charge in [-0.1, -0.05) is 24.3 Å². The molecule has 0 unspecified atom stereocenters. The number of fused-ring (bicyclic) bond motifs is 2. The van der Waals surface area contributed by atoms with Crippen LogP contribution in [-0.2, 0) is 17.6 Å². The zero-order valence-electron chi connectivity index (χ0n) is 15.6. The highest BCUT2D eigenvalue weighted by Crippen LogP contribution is 2.39. The molecule has 1 aliphatic heterocycles. The van der Waals surface area contributed by atoms with Crippen LogP contribution in [0.15, 0.2) is 59.4 Å². The summed E-state index contributed by atoms with van der Waals surface area (Å²) < 4.78 is 0. The summed E-state index contributed by atoms with van der Waals surface area (Å²) in [6, 6.07) is 14.9. The van der Waals surface area contributed by atoms with E-state index in [2.05, 4.69) is 63.2 Å². The van der Waals surface area contributed by atoms with Gasteiger partial charge < -0.3 is 9.88 Å². The molecular weight excluding hydrogens is 384 g/mol. The maximum absolute atomic E-state index is 13.2. The number of aromatic amines is 1. The lowest BCUT2D eigenvalue weighted by Gasteiger charge is -2.35. The molecule has 4 aromatic rings. The van der Waals surface area contributed by atoms with Crippen molar-refractivity contribution in [1.82, 2.24) is 9.88 Å². The van der Waals surface area contributed by atoms with Crippen LogP contribution >= 0.6 is 22.7 Å². The van der Waals surface area contributed by atoms with Crippen molar-refractivity contribution in [3.63, 3.8) is 0 Å². The molecule has 0 fully saturated rings. The smallest absolute Gasteiger partial charge is 0.223 e. The van der Waals surface area contributed by atoms with Gasteiger partial charge in [-0.25, -0.2) is 0 Å². The van der Waals surface area contributed by atoms with Crippen molar-refractivity contribution in [2.75, 3.05) is 6.54 Å². The van der Waals surface area contributed by atoms with E-state index < -0.39 is 0 Å². The normalized spacial score (nSPS) is 16.4. The molecular formula is C23H22N2OS2. The molecule has 0 saturated heterocycles. The molecule has 28 heavy (non-hydrogen) atoms. The van der Waals surface area contributed by atoms with Crippen LogP contribution in [0.2, 0.25) is 0 Å². The van der Waals surface area contributed by atoms with E-state index in [1.165, 1.54) is 31.8 Å². The number of rotatable bonds is 5. The van der Waals surface area contributed by atoms with Crippen LogP contribution in [0, 0.1) is 0 Å². The molecule has 5 heteroatoms. The number of nitrogens with one attached hydrogen (secondary N) is 1. The standard InChI is InChI=1S/C23H22N2OS2/c26-22(9-3-5-16-15-24-19-7-2-1-6-17(16)19)25-12-10-20-18(11-14-28-20)23(25)21-8-4-13-27-21/h1-2,4,6-8,11,13-15,23-24H,3,5,9-10,12H2/t23-/m1/s1. The number of thiophene rings is 2. The van der Waals surface area contributed by atoms with E-state index in [9.17, 15) is 4.79 Å². The minimum Gasteiger partial charge on any atom is -0.361 e. The van der Waals surface area contributed by atoms with Crippen molar-refractivity contribution in [3.8, 4) is 0 Å². The number of aromatic nitrogens is 1. The van der Waals surface area contributed by atoms with Gasteiger partial charge in [0.15, 0.2) is 0 Å². The lowest BCUT2D eigenvalue weighted by atomic mass is 9.97. The first-order valence-corrected chi connectivity index (χ1v) is 11.5. The quantitative estimate of drug-likeness (QED) is 0.447. The predicted octanol–water partition coefficient (Wildman–Crippen LogP) is 5.79. The van der Waals surface area contributed by atoms with Crippen molar-refractivity contribution in [2.24, 2.45) is 0 Å². The molecule has 5 rings (SSSR count). The van der Waals surface area contributed by atoms with Gasteiger partial charge in [0, 0.05) is 39.8 Å². The lowest BCUT2D eigenvalue weighted by molar-refractivity contribution is -0.133. The molecule has 0 aliphatic carbocycles. The van der Waals surface area contributed by atoms with Crippen LogP contribution in [0.25, 0.3) is 10.9 Å². The van der Waals surface area contributed by atoms with Crippen LogP contribution in [-0.4, -0.2) is 22.3 Å². The van der Waals surface area contributed by atoms with Crippen molar-refractivity contribution in [3.05, 3.63) is 80.3 Å². The van der Waals surface area contributed by atoms with Gasteiger partial charge in [0.1, 0.15) is 0 Å². The van der Waals surface area contributed by atoms with Gasteiger partial charge in [0.25, 0.3) is 0 Å². The first kappa shape index (κ1) is 17.7. The average molecular weight is 407 g/mol. The number of nitrogens with zero attached hydrogens (tertiary/aromatic N) is 1. The van der Waals surface area contributed by atoms with Crippen LogP contribution in [0.3, 0.4) is 0 Å². The Hall–Kier alpha value is -2.37. The third kappa shape index (κ3) is 3.19. The highest BCUT2D eigenvalue weighted by atomic mass is 32.1. The highest BCUT2D eigenvalue weighted by molar-refractivity contribution is 7.10. The lowest BCUT2D eigenvalue weighted by Crippen LogP contribution is -2.39. The molecule has 1 amide bonds. The molecule has 0 bridgehead atoms. The molecule has 4 heterocycles. The summed E-state index contributed by atoms with van der Waals surface area (Å²) in [5, 5.41) is 5.54. The van der Waals surface area contributed by atoms with Crippen LogP contribution in [0.1, 0.15) is 39.8 Å². The van der Waals surface area contributed by atoms with Crippen LogP contribution < -0.4 is 0 Å². The minimum atomic E-state index is 0.0931. The van der Waals surface area contributed by atoms with Crippen molar-refractivity contribution >= 4 is 39.5 Å². The van der Waals surface area contributed by atoms with Crippen molar-refractivity contribution < 1.29 is 4.79 Å². The van der Waals surface area contributed by atoms with Gasteiger partial charge >= 0.3 is 0 Å². The van der Waals surface area contributed by atoms with E-state index in [0.717, 1.165) is 25.8 Å². The Morgan fingerprint density at radius 3 is 2.93 bits per heavy atom. The first-order chi connectivity index (χ1) is 13.8. The van der Waals surface area contributed by atoms with Gasteiger partial charge in [-0.2, -0.15) is 0 Å². The van der Waals surface area contributed by atoms with E-state index in [4.69, 9.17) is 0 Å². The molecule has 1 aromatic carbocycles. The monoisotopic (exact) mass is 406 g/mol. The number of aryl methyl sites for hydroxylation is 1. The third-order valence-electron chi connectivity index (χ3n) is 5.61. The Bertz CT molecular complexity index is 1090. The van der Waals surface area contributed by atoms with E-state index >= 15 is 0 Å². The average Bonchev–Trinajstić information content (AvgIpc) is 3.47. The fraction of sp³-hybridized carbons (Fsp3) is 0.261. The number of benzene rings is 1. The summed E-state index contributed by atoms with van der Waals surface area (Å²) >= 11 is 3.57. The molecule has 0 radical (unpaired) electrons. The topological polar surface area (TPSA) is 36.1 Å². The Labute approximate surface area is 172 Å². The summed E-state index contributed by atoms with van der Waals surface area (Å²) in [6.07, 6.45) is 5.47. The highest BCUT2D eigenvalue weighted by Gasteiger charge is 2.32. The minimum absolute atomic E-state index is 0.0931. The summed E-state index contributed by atoms with van der Waals surface area (Å²) in [5.74, 6) is 0.273. The molecule has 3 nitrogen and oxygen atoms in total. The molecule has 142 valence electrons. The zero-order chi connectivity index (χ0) is 18.9. The second-order valence-corrected chi connectivity index (χ2v) is 9.25. The largest absolute Gasteiger partial charge is 0.361 e. The number of carbonyl (C=O) groups is 1. The number of para-hydroxylation sites is 1. The van der Waals surface area contributed by atoms with Crippen LogP contribution in [0.4, 0.5) is 0 Å². The van der Waals surface area contributed by atoms with E-state index in [0.29, 0.717) is 6.42 Å². The van der Waals surface area contributed by atoms with Crippen molar-refractivity contribution in [2.45, 2.75) is 31.7 Å². The van der Waals surface area contributed by atoms with Gasteiger partial charge in [-0.05, 0) is 59.3 Å². The molecule has 0 spiro atoms. The summed E-state index contributed by atoms with van der Waals surface area (Å²) in [6.45, 7) is 0.821. The Morgan fingerprint density at radius 1 is 1.11 bits per heavy atom. The van der Waals surface area contributed by atoms with Crippen LogP contribution in [0.5, 0.6) is 0 Å². The van der Waals surface area contributed by atoms with Gasteiger partial charge in [0.05, 0.1) is 6.04 Å². The summed E-state index contributed by atoms with van der Waals surface area (Å²) in [4.78, 5) is 21.3. The summed E-state index contributed by atoms with van der Waals surface area (Å²) in [5.41, 5.74) is 3.79. The SMILES string of the molecule is O=C(CCCc1c[nH]c2ccccc12)N1CCc2sccc2[C@@H]1c1cccs1. The molecule has 3 aromatic heterocycles. The number of amides is 1. The second-order valence-electron chi connectivity index (χ2n) is 7.27.